The Morgan fingerprint density at radius 2 is 1.45 bits per heavy atom. The van der Waals surface area contributed by atoms with E-state index in [9.17, 15) is 0 Å². The molecule has 22 heavy (non-hydrogen) atoms. The maximum Gasteiger partial charge on any atom is 0.234 e. The largest absolute Gasteiger partial charge is 0.264 e. The molecule has 2 nitrogen and oxygen atoms in total. The molecule has 0 aliphatic carbocycles. The molecule has 1 aliphatic rings. The van der Waals surface area contributed by atoms with E-state index in [1.54, 1.807) is 0 Å². The fourth-order valence-electron chi connectivity index (χ4n) is 2.92. The molecular weight excluding hydrogens is 268 g/mol. The molecule has 3 rings (SSSR count). The molecule has 0 radical (unpaired) electrons. The molecular formula is C20H25N2+. The van der Waals surface area contributed by atoms with Crippen LogP contribution in [0.15, 0.2) is 48.5 Å². The average molecular weight is 293 g/mol. The topological polar surface area (TPSA) is 6.25 Å². The summed E-state index contributed by atoms with van der Waals surface area (Å²) in [5, 5.41) is 0. The first kappa shape index (κ1) is 14.8. The standard InChI is InChI=1S/C20H25N2/c1-17-4-8-19(9-5-17)14-21-12-3-13-22(16-21)15-20-10-6-18(2)7-11-20/h4-11,16H,3,12-15H2,1-2H3/q+1. The maximum atomic E-state index is 2.43. The Balaban J connectivity index is 1.66. The van der Waals surface area contributed by atoms with E-state index in [2.05, 4.69) is 78.2 Å². The molecule has 0 spiro atoms. The van der Waals surface area contributed by atoms with Gasteiger partial charge in [0.2, 0.25) is 6.34 Å². The normalized spacial score (nSPS) is 14.8. The van der Waals surface area contributed by atoms with Crippen molar-refractivity contribution in [1.82, 2.24) is 4.90 Å². The fourth-order valence-corrected chi connectivity index (χ4v) is 2.92. The number of hydrogen-bond acceptors (Lipinski definition) is 1. The predicted molar refractivity (Wildman–Crippen MR) is 92.3 cm³/mol. The summed E-state index contributed by atoms with van der Waals surface area (Å²) < 4.78 is 2.43. The summed E-state index contributed by atoms with van der Waals surface area (Å²) in [5.41, 5.74) is 5.43. The van der Waals surface area contributed by atoms with E-state index in [1.807, 2.05) is 0 Å². The summed E-state index contributed by atoms with van der Waals surface area (Å²) in [7, 11) is 0. The molecule has 114 valence electrons. The lowest BCUT2D eigenvalue weighted by atomic mass is 10.1. The van der Waals surface area contributed by atoms with Crippen LogP contribution in [0.2, 0.25) is 0 Å². The van der Waals surface area contributed by atoms with Crippen LogP contribution in [0.4, 0.5) is 0 Å². The summed E-state index contributed by atoms with van der Waals surface area (Å²) in [6.07, 6.45) is 3.54. The van der Waals surface area contributed by atoms with Crippen LogP contribution >= 0.6 is 0 Å². The van der Waals surface area contributed by atoms with Crippen molar-refractivity contribution in [3.05, 3.63) is 70.8 Å². The van der Waals surface area contributed by atoms with Crippen LogP contribution < -0.4 is 0 Å². The zero-order chi connectivity index (χ0) is 15.4. The Labute approximate surface area is 133 Å². The third kappa shape index (κ3) is 3.97. The van der Waals surface area contributed by atoms with Crippen LogP contribution in [-0.2, 0) is 13.1 Å². The van der Waals surface area contributed by atoms with Crippen LogP contribution in [-0.4, -0.2) is 28.9 Å². The molecule has 2 aromatic carbocycles. The Hall–Kier alpha value is -2.09. The average Bonchev–Trinajstić information content (AvgIpc) is 2.52. The van der Waals surface area contributed by atoms with E-state index in [1.165, 1.54) is 28.7 Å². The molecule has 0 unspecified atom stereocenters. The van der Waals surface area contributed by atoms with Gasteiger partial charge in [-0.15, -0.1) is 0 Å². The number of rotatable bonds is 4. The van der Waals surface area contributed by atoms with E-state index in [0.29, 0.717) is 0 Å². The summed E-state index contributed by atoms with van der Waals surface area (Å²) in [6, 6.07) is 17.7. The van der Waals surface area contributed by atoms with Gasteiger partial charge in [-0.3, -0.25) is 9.48 Å². The van der Waals surface area contributed by atoms with Crippen LogP contribution in [0.25, 0.3) is 0 Å². The minimum absolute atomic E-state index is 1.00. The minimum Gasteiger partial charge on any atom is -0.264 e. The molecule has 2 heteroatoms. The molecule has 0 atom stereocenters. The van der Waals surface area contributed by atoms with Gasteiger partial charge in [-0.25, -0.2) is 0 Å². The summed E-state index contributed by atoms with van der Waals surface area (Å²) in [5.74, 6) is 0. The Bertz CT molecular complexity index is 638. The first-order chi connectivity index (χ1) is 10.7. The SMILES string of the molecule is Cc1ccc(CN2C=[N+](Cc3ccc(C)cc3)CCC2)cc1. The highest BCUT2D eigenvalue weighted by Gasteiger charge is 2.16. The molecule has 0 bridgehead atoms. The van der Waals surface area contributed by atoms with Gasteiger partial charge >= 0.3 is 0 Å². The molecule has 2 aromatic rings. The van der Waals surface area contributed by atoms with Gasteiger partial charge in [-0.1, -0.05) is 59.7 Å². The van der Waals surface area contributed by atoms with Crippen molar-refractivity contribution >= 4 is 6.34 Å². The zero-order valence-corrected chi connectivity index (χ0v) is 13.6. The molecule has 0 fully saturated rings. The Kier molecular flexibility index (Phi) is 4.57. The number of aryl methyl sites for hydroxylation is 2. The monoisotopic (exact) mass is 293 g/mol. The van der Waals surface area contributed by atoms with Crippen molar-refractivity contribution in [3.63, 3.8) is 0 Å². The van der Waals surface area contributed by atoms with Gasteiger partial charge in [0, 0.05) is 6.42 Å². The van der Waals surface area contributed by atoms with E-state index in [4.69, 9.17) is 0 Å². The minimum atomic E-state index is 1.00. The van der Waals surface area contributed by atoms with Crippen molar-refractivity contribution < 1.29 is 4.58 Å². The quantitative estimate of drug-likeness (QED) is 0.778. The van der Waals surface area contributed by atoms with Gasteiger partial charge in [-0.05, 0) is 25.0 Å². The second-order valence-corrected chi connectivity index (χ2v) is 6.38. The smallest absolute Gasteiger partial charge is 0.234 e. The highest BCUT2D eigenvalue weighted by molar-refractivity contribution is 5.50. The van der Waals surface area contributed by atoms with Crippen LogP contribution in [0.1, 0.15) is 28.7 Å². The van der Waals surface area contributed by atoms with Gasteiger partial charge in [0.15, 0.2) is 0 Å². The van der Waals surface area contributed by atoms with Crippen molar-refractivity contribution in [3.8, 4) is 0 Å². The van der Waals surface area contributed by atoms with Crippen molar-refractivity contribution in [1.29, 1.82) is 0 Å². The first-order valence-corrected chi connectivity index (χ1v) is 8.13. The van der Waals surface area contributed by atoms with Crippen molar-refractivity contribution in [2.24, 2.45) is 0 Å². The van der Waals surface area contributed by atoms with E-state index < -0.39 is 0 Å². The maximum absolute atomic E-state index is 2.43. The zero-order valence-electron chi connectivity index (χ0n) is 13.6. The van der Waals surface area contributed by atoms with Gasteiger partial charge in [0.1, 0.15) is 13.1 Å². The molecule has 1 heterocycles. The van der Waals surface area contributed by atoms with Gasteiger partial charge < -0.3 is 0 Å². The Morgan fingerprint density at radius 3 is 2.09 bits per heavy atom. The fraction of sp³-hybridized carbons (Fsp3) is 0.350. The molecule has 0 amide bonds. The molecule has 0 saturated heterocycles. The number of hydrogen-bond donors (Lipinski definition) is 0. The summed E-state index contributed by atoms with van der Waals surface area (Å²) in [6.45, 7) is 8.59. The summed E-state index contributed by atoms with van der Waals surface area (Å²) >= 11 is 0. The first-order valence-electron chi connectivity index (χ1n) is 8.13. The second-order valence-electron chi connectivity index (χ2n) is 6.38. The highest BCUT2D eigenvalue weighted by Crippen LogP contribution is 2.10. The lowest BCUT2D eigenvalue weighted by molar-refractivity contribution is -0.549. The number of benzene rings is 2. The van der Waals surface area contributed by atoms with Gasteiger partial charge in [0.05, 0.1) is 13.1 Å². The lowest BCUT2D eigenvalue weighted by Gasteiger charge is -2.21. The summed E-state index contributed by atoms with van der Waals surface area (Å²) in [4.78, 5) is 2.43. The predicted octanol–water partition coefficient (Wildman–Crippen LogP) is 3.75. The van der Waals surface area contributed by atoms with Crippen molar-refractivity contribution in [2.45, 2.75) is 33.4 Å². The third-order valence-electron chi connectivity index (χ3n) is 4.23. The van der Waals surface area contributed by atoms with E-state index in [0.717, 1.165) is 26.2 Å². The van der Waals surface area contributed by atoms with Crippen LogP contribution in [0.3, 0.4) is 0 Å². The third-order valence-corrected chi connectivity index (χ3v) is 4.23. The van der Waals surface area contributed by atoms with Gasteiger partial charge in [0.25, 0.3) is 0 Å². The second kappa shape index (κ2) is 6.78. The van der Waals surface area contributed by atoms with Crippen LogP contribution in [0.5, 0.6) is 0 Å². The van der Waals surface area contributed by atoms with E-state index >= 15 is 0 Å². The Morgan fingerprint density at radius 1 is 0.864 bits per heavy atom. The van der Waals surface area contributed by atoms with Crippen molar-refractivity contribution in [2.75, 3.05) is 13.1 Å². The lowest BCUT2D eigenvalue weighted by Crippen LogP contribution is -2.35. The molecule has 0 aromatic heterocycles. The number of nitrogens with zero attached hydrogens (tertiary/aromatic N) is 2. The van der Waals surface area contributed by atoms with Crippen LogP contribution in [0, 0.1) is 13.8 Å². The van der Waals surface area contributed by atoms with Gasteiger partial charge in [-0.2, -0.15) is 0 Å². The molecule has 0 N–H and O–H groups in total. The molecule has 1 aliphatic heterocycles. The van der Waals surface area contributed by atoms with E-state index in [-0.39, 0.29) is 0 Å². The highest BCUT2D eigenvalue weighted by atomic mass is 15.2. The molecule has 0 saturated carbocycles.